The largest absolute Gasteiger partial charge is 0.361 e. The molecule has 1 fully saturated rings. The first-order valence-electron chi connectivity index (χ1n) is 9.38. The van der Waals surface area contributed by atoms with Crippen LogP contribution in [0.15, 0.2) is 34.9 Å². The third-order valence-electron chi connectivity index (χ3n) is 4.98. The van der Waals surface area contributed by atoms with E-state index >= 15 is 0 Å². The van der Waals surface area contributed by atoms with Crippen LogP contribution in [0.4, 0.5) is 0 Å². The highest BCUT2D eigenvalue weighted by Crippen LogP contribution is 2.23. The second-order valence-corrected chi connectivity index (χ2v) is 8.19. The molecule has 1 aromatic carbocycles. The highest BCUT2D eigenvalue weighted by atomic mass is 16.5. The molecule has 0 spiro atoms. The van der Waals surface area contributed by atoms with Crippen LogP contribution >= 0.6 is 0 Å². The summed E-state index contributed by atoms with van der Waals surface area (Å²) in [6.45, 7) is 9.48. The number of carbonyl (C=O) groups is 2. The maximum absolute atomic E-state index is 12.7. The highest BCUT2D eigenvalue weighted by molar-refractivity contribution is 5.94. The predicted octanol–water partition coefficient (Wildman–Crippen LogP) is 3.32. The Labute approximate surface area is 159 Å². The van der Waals surface area contributed by atoms with Gasteiger partial charge in [-0.05, 0) is 42.9 Å². The van der Waals surface area contributed by atoms with Crippen LogP contribution in [0, 0.1) is 6.92 Å². The molecule has 2 amide bonds. The van der Waals surface area contributed by atoms with Gasteiger partial charge >= 0.3 is 0 Å². The Bertz CT molecular complexity index is 810. The Kier molecular flexibility index (Phi) is 5.35. The summed E-state index contributed by atoms with van der Waals surface area (Å²) in [5, 5.41) is 6.71. The zero-order valence-corrected chi connectivity index (χ0v) is 16.4. The van der Waals surface area contributed by atoms with E-state index in [1.165, 1.54) is 5.56 Å². The number of likely N-dealkylation sites (tertiary alicyclic amines) is 1. The Hall–Kier alpha value is -2.63. The van der Waals surface area contributed by atoms with Crippen LogP contribution < -0.4 is 5.32 Å². The lowest BCUT2D eigenvalue weighted by Crippen LogP contribution is -2.46. The summed E-state index contributed by atoms with van der Waals surface area (Å²) < 4.78 is 4.94. The van der Waals surface area contributed by atoms with Crippen LogP contribution in [-0.4, -0.2) is 41.0 Å². The van der Waals surface area contributed by atoms with Crippen LogP contribution in [0.25, 0.3) is 0 Å². The Morgan fingerprint density at radius 1 is 1.15 bits per heavy atom. The maximum Gasteiger partial charge on any atom is 0.273 e. The third kappa shape index (κ3) is 4.56. The molecule has 1 aromatic heterocycles. The minimum Gasteiger partial charge on any atom is -0.361 e. The molecule has 2 aromatic rings. The van der Waals surface area contributed by atoms with E-state index in [2.05, 4.69) is 31.2 Å². The van der Waals surface area contributed by atoms with E-state index in [1.807, 2.05) is 29.2 Å². The molecule has 0 saturated carbocycles. The molecule has 0 aliphatic carbocycles. The number of aryl methyl sites for hydroxylation is 1. The second kappa shape index (κ2) is 7.55. The molecule has 1 N–H and O–H groups in total. The van der Waals surface area contributed by atoms with Gasteiger partial charge in [0.05, 0.1) is 0 Å². The number of piperidine rings is 1. The number of hydrogen-bond donors (Lipinski definition) is 1. The minimum atomic E-state index is -0.227. The standard InChI is InChI=1S/C21H27N3O3/c1-14-13-18(23-27-14)19(25)22-17-9-11-24(12-10-17)20(26)15-5-7-16(8-6-15)21(2,3)4/h5-8,13,17H,9-12H2,1-4H3,(H,22,25). The number of hydrogen-bond acceptors (Lipinski definition) is 4. The normalized spacial score (nSPS) is 15.6. The fourth-order valence-corrected chi connectivity index (χ4v) is 3.26. The fraction of sp³-hybridized carbons (Fsp3) is 0.476. The molecular formula is C21H27N3O3. The summed E-state index contributed by atoms with van der Waals surface area (Å²) >= 11 is 0. The molecule has 6 nitrogen and oxygen atoms in total. The van der Waals surface area contributed by atoms with E-state index in [-0.39, 0.29) is 23.3 Å². The minimum absolute atomic E-state index is 0.0434. The van der Waals surface area contributed by atoms with Crippen molar-refractivity contribution in [2.24, 2.45) is 0 Å². The summed E-state index contributed by atoms with van der Waals surface area (Å²) in [6, 6.07) is 9.53. The topological polar surface area (TPSA) is 75.4 Å². The molecule has 6 heteroatoms. The molecule has 2 heterocycles. The number of nitrogens with zero attached hydrogens (tertiary/aromatic N) is 2. The van der Waals surface area contributed by atoms with E-state index < -0.39 is 0 Å². The van der Waals surface area contributed by atoms with Crippen molar-refractivity contribution in [2.75, 3.05) is 13.1 Å². The van der Waals surface area contributed by atoms with Crippen molar-refractivity contribution in [3.63, 3.8) is 0 Å². The Morgan fingerprint density at radius 2 is 1.78 bits per heavy atom. The maximum atomic E-state index is 12.7. The van der Waals surface area contributed by atoms with Crippen molar-refractivity contribution in [1.82, 2.24) is 15.4 Å². The number of carbonyl (C=O) groups excluding carboxylic acids is 2. The summed E-state index contributed by atoms with van der Waals surface area (Å²) in [7, 11) is 0. The van der Waals surface area contributed by atoms with Crippen LogP contribution in [-0.2, 0) is 5.41 Å². The number of aromatic nitrogens is 1. The third-order valence-corrected chi connectivity index (χ3v) is 4.98. The number of benzene rings is 1. The van der Waals surface area contributed by atoms with Crippen molar-refractivity contribution in [3.8, 4) is 0 Å². The molecule has 0 unspecified atom stereocenters. The van der Waals surface area contributed by atoms with Gasteiger partial charge in [-0.2, -0.15) is 0 Å². The van der Waals surface area contributed by atoms with Crippen molar-refractivity contribution >= 4 is 11.8 Å². The molecule has 0 atom stereocenters. The number of rotatable bonds is 3. The predicted molar refractivity (Wildman–Crippen MR) is 103 cm³/mol. The van der Waals surface area contributed by atoms with Gasteiger partial charge in [0.15, 0.2) is 5.69 Å². The van der Waals surface area contributed by atoms with Gasteiger partial charge < -0.3 is 14.7 Å². The quantitative estimate of drug-likeness (QED) is 0.901. The summed E-state index contributed by atoms with van der Waals surface area (Å²) in [4.78, 5) is 26.7. The second-order valence-electron chi connectivity index (χ2n) is 8.19. The Balaban J connectivity index is 1.54. The summed E-state index contributed by atoms with van der Waals surface area (Å²) in [5.74, 6) is 0.430. The first-order chi connectivity index (χ1) is 12.7. The summed E-state index contributed by atoms with van der Waals surface area (Å²) in [6.07, 6.45) is 1.46. The van der Waals surface area contributed by atoms with Crippen molar-refractivity contribution < 1.29 is 14.1 Å². The lowest BCUT2D eigenvalue weighted by Gasteiger charge is -2.32. The van der Waals surface area contributed by atoms with E-state index in [9.17, 15) is 9.59 Å². The van der Waals surface area contributed by atoms with E-state index in [0.717, 1.165) is 12.8 Å². The molecule has 0 radical (unpaired) electrons. The number of amides is 2. The highest BCUT2D eigenvalue weighted by Gasteiger charge is 2.26. The van der Waals surface area contributed by atoms with Crippen molar-refractivity contribution in [3.05, 3.63) is 52.9 Å². The first-order valence-corrected chi connectivity index (χ1v) is 9.38. The average Bonchev–Trinajstić information content (AvgIpc) is 3.08. The van der Waals surface area contributed by atoms with Crippen molar-refractivity contribution in [2.45, 2.75) is 52.0 Å². The van der Waals surface area contributed by atoms with Crippen LogP contribution in [0.2, 0.25) is 0 Å². The molecular weight excluding hydrogens is 342 g/mol. The Morgan fingerprint density at radius 3 is 2.30 bits per heavy atom. The molecule has 1 aliphatic rings. The van der Waals surface area contributed by atoms with Crippen LogP contribution in [0.3, 0.4) is 0 Å². The van der Waals surface area contributed by atoms with Gasteiger partial charge in [-0.25, -0.2) is 0 Å². The lowest BCUT2D eigenvalue weighted by atomic mass is 9.86. The molecule has 144 valence electrons. The van der Waals surface area contributed by atoms with Gasteiger partial charge in [0.2, 0.25) is 0 Å². The zero-order chi connectivity index (χ0) is 19.6. The van der Waals surface area contributed by atoms with Gasteiger partial charge in [0, 0.05) is 30.8 Å². The van der Waals surface area contributed by atoms with Gasteiger partial charge in [0.25, 0.3) is 11.8 Å². The molecule has 0 bridgehead atoms. The van der Waals surface area contributed by atoms with E-state index in [0.29, 0.717) is 30.1 Å². The van der Waals surface area contributed by atoms with E-state index in [1.54, 1.807) is 13.0 Å². The van der Waals surface area contributed by atoms with Gasteiger partial charge in [-0.3, -0.25) is 9.59 Å². The monoisotopic (exact) mass is 369 g/mol. The average molecular weight is 369 g/mol. The lowest BCUT2D eigenvalue weighted by molar-refractivity contribution is 0.0697. The first kappa shape index (κ1) is 19.1. The van der Waals surface area contributed by atoms with Crippen LogP contribution in [0.1, 0.15) is 65.8 Å². The molecule has 3 rings (SSSR count). The fourth-order valence-electron chi connectivity index (χ4n) is 3.26. The van der Waals surface area contributed by atoms with Gasteiger partial charge in [0.1, 0.15) is 5.76 Å². The van der Waals surface area contributed by atoms with Crippen LogP contribution in [0.5, 0.6) is 0 Å². The van der Waals surface area contributed by atoms with E-state index in [4.69, 9.17) is 4.52 Å². The number of nitrogens with one attached hydrogen (secondary N) is 1. The molecule has 27 heavy (non-hydrogen) atoms. The SMILES string of the molecule is Cc1cc(C(=O)NC2CCN(C(=O)c3ccc(C(C)(C)C)cc3)CC2)no1. The van der Waals surface area contributed by atoms with Crippen molar-refractivity contribution in [1.29, 1.82) is 0 Å². The molecule has 1 aliphatic heterocycles. The zero-order valence-electron chi connectivity index (χ0n) is 16.4. The van der Waals surface area contributed by atoms with Gasteiger partial charge in [-0.15, -0.1) is 0 Å². The smallest absolute Gasteiger partial charge is 0.273 e. The van der Waals surface area contributed by atoms with Gasteiger partial charge in [-0.1, -0.05) is 38.1 Å². The molecule has 1 saturated heterocycles. The summed E-state index contributed by atoms with van der Waals surface area (Å²) in [5.41, 5.74) is 2.29.